The highest BCUT2D eigenvalue weighted by molar-refractivity contribution is 6.06. The maximum absolute atomic E-state index is 13.0. The molecule has 0 radical (unpaired) electrons. The lowest BCUT2D eigenvalue weighted by Gasteiger charge is -2.38. The van der Waals surface area contributed by atoms with Crippen LogP contribution in [0, 0.1) is 22.2 Å². The Kier molecular flexibility index (Phi) is 5.58. The van der Waals surface area contributed by atoms with Crippen LogP contribution in [0.25, 0.3) is 11.0 Å². The lowest BCUT2D eigenvalue weighted by atomic mass is 9.77. The van der Waals surface area contributed by atoms with Gasteiger partial charge in [-0.25, -0.2) is 9.97 Å². The van der Waals surface area contributed by atoms with Gasteiger partial charge >= 0.3 is 0 Å². The van der Waals surface area contributed by atoms with Gasteiger partial charge in [0.15, 0.2) is 0 Å². The monoisotopic (exact) mass is 436 g/mol. The van der Waals surface area contributed by atoms with Crippen molar-refractivity contribution in [3.8, 4) is 6.07 Å². The Labute approximate surface area is 189 Å². The van der Waals surface area contributed by atoms with Crippen LogP contribution >= 0.6 is 0 Å². The zero-order chi connectivity index (χ0) is 23.3. The van der Waals surface area contributed by atoms with Crippen molar-refractivity contribution in [1.29, 1.82) is 5.26 Å². The molecule has 0 atom stereocenters. The first-order valence-corrected chi connectivity index (χ1v) is 11.4. The molecule has 0 bridgehead atoms. The van der Waals surface area contributed by atoms with Crippen molar-refractivity contribution in [1.82, 2.24) is 24.3 Å². The van der Waals surface area contributed by atoms with E-state index in [1.807, 2.05) is 19.9 Å². The first kappa shape index (κ1) is 22.4. The van der Waals surface area contributed by atoms with Crippen LogP contribution in [-0.2, 0) is 22.7 Å². The summed E-state index contributed by atoms with van der Waals surface area (Å²) in [6.45, 7) is 13.4. The van der Waals surface area contributed by atoms with E-state index in [9.17, 15) is 14.9 Å². The van der Waals surface area contributed by atoms with Gasteiger partial charge in [0, 0.05) is 42.8 Å². The molecule has 0 saturated carbocycles. The fraction of sp³-hybridized carbons (Fsp3) is 0.625. The molecule has 2 aromatic heterocycles. The Bertz CT molecular complexity index is 1100. The molecule has 2 aromatic rings. The number of nitrogens with zero attached hydrogens (tertiary/aromatic N) is 6. The van der Waals surface area contributed by atoms with Gasteiger partial charge in [0.25, 0.3) is 0 Å². The molecule has 0 aromatic carbocycles. The van der Waals surface area contributed by atoms with Gasteiger partial charge in [-0.1, -0.05) is 20.8 Å². The molecule has 2 saturated heterocycles. The standard InChI is InChI=1S/C24H32N6O2/c1-16(2)30-20(31)11-24(22(30)32)6-8-28(9-7-24)14-18-10-17-13-26-19(12-25)27-21(17)29(18)15-23(3,4)5/h10,13,16H,6-9,11,14-15H2,1-5H3. The summed E-state index contributed by atoms with van der Waals surface area (Å²) in [5, 5.41) is 10.2. The molecule has 2 amide bonds. The minimum Gasteiger partial charge on any atom is -0.328 e. The van der Waals surface area contributed by atoms with Crippen molar-refractivity contribution in [3.63, 3.8) is 0 Å². The van der Waals surface area contributed by atoms with E-state index in [0.717, 1.165) is 42.9 Å². The molecule has 8 heteroatoms. The minimum atomic E-state index is -0.525. The van der Waals surface area contributed by atoms with E-state index < -0.39 is 5.41 Å². The molecule has 8 nitrogen and oxygen atoms in total. The molecule has 2 aliphatic rings. The number of rotatable bonds is 4. The van der Waals surface area contributed by atoms with Gasteiger partial charge in [-0.15, -0.1) is 0 Å². The molecule has 4 rings (SSSR count). The number of likely N-dealkylation sites (tertiary alicyclic amines) is 2. The summed E-state index contributed by atoms with van der Waals surface area (Å²) in [7, 11) is 0. The highest BCUT2D eigenvalue weighted by Crippen LogP contribution is 2.43. The van der Waals surface area contributed by atoms with E-state index in [1.54, 1.807) is 6.20 Å². The van der Waals surface area contributed by atoms with Gasteiger partial charge < -0.3 is 4.57 Å². The maximum Gasteiger partial charge on any atom is 0.236 e. The fourth-order valence-electron chi connectivity index (χ4n) is 5.03. The van der Waals surface area contributed by atoms with Gasteiger partial charge in [-0.2, -0.15) is 5.26 Å². The van der Waals surface area contributed by atoms with Crippen molar-refractivity contribution in [2.24, 2.45) is 10.8 Å². The molecular weight excluding hydrogens is 404 g/mol. The second-order valence-corrected chi connectivity index (χ2v) is 10.8. The Hall–Kier alpha value is -2.79. The number of nitriles is 1. The van der Waals surface area contributed by atoms with Crippen LogP contribution in [0.4, 0.5) is 0 Å². The SMILES string of the molecule is CC(C)N1C(=O)CC2(CCN(Cc3cc4cnc(C#N)nc4n3CC(C)(C)C)CC2)C1=O. The minimum absolute atomic E-state index is 0.0123. The molecule has 170 valence electrons. The first-order valence-electron chi connectivity index (χ1n) is 11.4. The average Bonchev–Trinajstić information content (AvgIpc) is 3.16. The summed E-state index contributed by atoms with van der Waals surface area (Å²) < 4.78 is 2.20. The molecule has 4 heterocycles. The summed E-state index contributed by atoms with van der Waals surface area (Å²) in [4.78, 5) is 37.9. The second-order valence-electron chi connectivity index (χ2n) is 10.8. The lowest BCUT2D eigenvalue weighted by molar-refractivity contribution is -0.144. The smallest absolute Gasteiger partial charge is 0.236 e. The number of amides is 2. The van der Waals surface area contributed by atoms with E-state index in [-0.39, 0.29) is 29.1 Å². The zero-order valence-corrected chi connectivity index (χ0v) is 19.7. The molecule has 2 aliphatic heterocycles. The van der Waals surface area contributed by atoms with Crippen LogP contribution in [0.1, 0.15) is 65.4 Å². The van der Waals surface area contributed by atoms with Crippen LogP contribution in [-0.4, -0.2) is 55.3 Å². The van der Waals surface area contributed by atoms with Gasteiger partial charge in [-0.05, 0) is 51.3 Å². The van der Waals surface area contributed by atoms with Crippen LogP contribution in [0.3, 0.4) is 0 Å². The highest BCUT2D eigenvalue weighted by Gasteiger charge is 2.53. The predicted molar refractivity (Wildman–Crippen MR) is 120 cm³/mol. The van der Waals surface area contributed by atoms with E-state index in [1.165, 1.54) is 4.90 Å². The lowest BCUT2D eigenvalue weighted by Crippen LogP contribution is -2.46. The topological polar surface area (TPSA) is 95.1 Å². The van der Waals surface area contributed by atoms with Crippen molar-refractivity contribution < 1.29 is 9.59 Å². The van der Waals surface area contributed by atoms with E-state index in [4.69, 9.17) is 0 Å². The average molecular weight is 437 g/mol. The van der Waals surface area contributed by atoms with Gasteiger partial charge in [-0.3, -0.25) is 19.4 Å². The number of hydrogen-bond acceptors (Lipinski definition) is 6. The Morgan fingerprint density at radius 2 is 1.91 bits per heavy atom. The van der Waals surface area contributed by atoms with Crippen molar-refractivity contribution in [2.75, 3.05) is 13.1 Å². The Balaban J connectivity index is 1.55. The quantitative estimate of drug-likeness (QED) is 0.684. The molecule has 0 aliphatic carbocycles. The van der Waals surface area contributed by atoms with E-state index >= 15 is 0 Å². The van der Waals surface area contributed by atoms with E-state index in [0.29, 0.717) is 19.3 Å². The molecule has 32 heavy (non-hydrogen) atoms. The van der Waals surface area contributed by atoms with Gasteiger partial charge in [0.1, 0.15) is 11.7 Å². The van der Waals surface area contributed by atoms with Crippen molar-refractivity contribution in [2.45, 2.75) is 73.0 Å². The van der Waals surface area contributed by atoms with Crippen LogP contribution in [0.5, 0.6) is 0 Å². The molecule has 0 N–H and O–H groups in total. The second kappa shape index (κ2) is 7.96. The van der Waals surface area contributed by atoms with Crippen LogP contribution in [0.2, 0.25) is 0 Å². The van der Waals surface area contributed by atoms with Gasteiger partial charge in [0.2, 0.25) is 17.6 Å². The molecule has 2 fully saturated rings. The molecular formula is C24H32N6O2. The third kappa shape index (κ3) is 4.02. The number of carbonyl (C=O) groups is 2. The first-order chi connectivity index (χ1) is 15.0. The number of hydrogen-bond donors (Lipinski definition) is 0. The number of piperidine rings is 1. The molecule has 0 unspecified atom stereocenters. The third-order valence-corrected chi connectivity index (χ3v) is 6.60. The van der Waals surface area contributed by atoms with Crippen molar-refractivity contribution >= 4 is 22.8 Å². The number of aromatic nitrogens is 3. The summed E-state index contributed by atoms with van der Waals surface area (Å²) in [6, 6.07) is 4.06. The third-order valence-electron chi connectivity index (χ3n) is 6.60. The van der Waals surface area contributed by atoms with Crippen LogP contribution < -0.4 is 0 Å². The summed E-state index contributed by atoms with van der Waals surface area (Å²) >= 11 is 0. The fourth-order valence-corrected chi connectivity index (χ4v) is 5.03. The van der Waals surface area contributed by atoms with Crippen LogP contribution in [0.15, 0.2) is 12.3 Å². The number of imide groups is 1. The summed E-state index contributed by atoms with van der Waals surface area (Å²) in [6.07, 6.45) is 3.48. The summed E-state index contributed by atoms with van der Waals surface area (Å²) in [5.74, 6) is 0.158. The maximum atomic E-state index is 13.0. The largest absolute Gasteiger partial charge is 0.328 e. The zero-order valence-electron chi connectivity index (χ0n) is 19.7. The van der Waals surface area contributed by atoms with Crippen molar-refractivity contribution in [3.05, 3.63) is 23.8 Å². The Morgan fingerprint density at radius 1 is 1.22 bits per heavy atom. The summed E-state index contributed by atoms with van der Waals surface area (Å²) in [5.41, 5.74) is 1.44. The number of carbonyl (C=O) groups excluding carboxylic acids is 2. The highest BCUT2D eigenvalue weighted by atomic mass is 16.2. The van der Waals surface area contributed by atoms with Gasteiger partial charge in [0.05, 0.1) is 5.41 Å². The van der Waals surface area contributed by atoms with E-state index in [2.05, 4.69) is 46.3 Å². The normalized spacial score (nSPS) is 19.5. The Morgan fingerprint density at radius 3 is 2.47 bits per heavy atom. The predicted octanol–water partition coefficient (Wildman–Crippen LogP) is 3.10. The number of fused-ring (bicyclic) bond motifs is 1. The molecule has 1 spiro atoms.